The zero-order valence-corrected chi connectivity index (χ0v) is 12.7. The van der Waals surface area contributed by atoms with Crippen molar-refractivity contribution in [2.45, 2.75) is 18.8 Å². The topological polar surface area (TPSA) is 44.0 Å². The highest BCUT2D eigenvalue weighted by atomic mass is 19.1. The van der Waals surface area contributed by atoms with Crippen LogP contribution >= 0.6 is 0 Å². The number of allylic oxidation sites excluding steroid dienone is 1. The SMILES string of the molecule is CC=Cc1cccc(F)c1C(CO)C(C#N)c1ccc(F)cc1. The number of benzene rings is 2. The molecule has 2 nitrogen and oxygen atoms in total. The number of rotatable bonds is 5. The molecule has 2 atom stereocenters. The predicted molar refractivity (Wildman–Crippen MR) is 85.7 cm³/mol. The maximum atomic E-state index is 14.4. The molecule has 1 N–H and O–H groups in total. The van der Waals surface area contributed by atoms with Crippen LogP contribution in [0.2, 0.25) is 0 Å². The minimum atomic E-state index is -0.776. The Morgan fingerprint density at radius 2 is 1.87 bits per heavy atom. The summed E-state index contributed by atoms with van der Waals surface area (Å²) < 4.78 is 27.5. The molecule has 0 fully saturated rings. The molecule has 2 aromatic carbocycles. The van der Waals surface area contributed by atoms with Crippen LogP contribution in [-0.4, -0.2) is 11.7 Å². The number of aliphatic hydroxyl groups is 1. The molecule has 0 saturated heterocycles. The van der Waals surface area contributed by atoms with E-state index in [-0.39, 0.29) is 6.61 Å². The molecule has 0 amide bonds. The first-order valence-corrected chi connectivity index (χ1v) is 7.29. The number of hydrogen-bond acceptors (Lipinski definition) is 2. The quantitative estimate of drug-likeness (QED) is 0.890. The summed E-state index contributed by atoms with van der Waals surface area (Å²) >= 11 is 0. The van der Waals surface area contributed by atoms with Gasteiger partial charge in [-0.3, -0.25) is 0 Å². The number of aliphatic hydroxyl groups excluding tert-OH is 1. The number of nitriles is 1. The Hall–Kier alpha value is -2.51. The van der Waals surface area contributed by atoms with Gasteiger partial charge in [-0.1, -0.05) is 36.4 Å². The van der Waals surface area contributed by atoms with E-state index in [1.165, 1.54) is 30.3 Å². The molecule has 118 valence electrons. The Kier molecular flexibility index (Phi) is 5.61. The van der Waals surface area contributed by atoms with Gasteiger partial charge in [-0.05, 0) is 36.2 Å². The average Bonchev–Trinajstić information content (AvgIpc) is 2.55. The molecule has 0 aromatic heterocycles. The van der Waals surface area contributed by atoms with Gasteiger partial charge in [0.15, 0.2) is 0 Å². The molecule has 0 heterocycles. The first-order valence-electron chi connectivity index (χ1n) is 7.29. The third kappa shape index (κ3) is 3.64. The zero-order valence-electron chi connectivity index (χ0n) is 12.7. The predicted octanol–water partition coefficient (Wildman–Crippen LogP) is 4.38. The number of hydrogen-bond donors (Lipinski definition) is 1. The van der Waals surface area contributed by atoms with Crippen LogP contribution in [-0.2, 0) is 0 Å². The lowest BCUT2D eigenvalue weighted by Gasteiger charge is -2.23. The molecule has 4 heteroatoms. The number of halogens is 2. The fraction of sp³-hybridized carbons (Fsp3) is 0.211. The van der Waals surface area contributed by atoms with Crippen molar-refractivity contribution in [3.05, 3.63) is 76.9 Å². The first kappa shape index (κ1) is 16.9. The Bertz CT molecular complexity index is 732. The molecule has 0 radical (unpaired) electrons. The molecule has 0 aliphatic carbocycles. The van der Waals surface area contributed by atoms with Gasteiger partial charge in [-0.2, -0.15) is 5.26 Å². The van der Waals surface area contributed by atoms with E-state index in [0.29, 0.717) is 16.7 Å². The van der Waals surface area contributed by atoms with E-state index >= 15 is 0 Å². The highest BCUT2D eigenvalue weighted by Gasteiger charge is 2.28. The Morgan fingerprint density at radius 1 is 1.17 bits per heavy atom. The van der Waals surface area contributed by atoms with Gasteiger partial charge in [0.05, 0.1) is 18.6 Å². The molecule has 23 heavy (non-hydrogen) atoms. The van der Waals surface area contributed by atoms with Crippen molar-refractivity contribution in [3.8, 4) is 6.07 Å². The Labute approximate surface area is 134 Å². The second-order valence-electron chi connectivity index (χ2n) is 5.19. The van der Waals surface area contributed by atoms with Crippen LogP contribution < -0.4 is 0 Å². The van der Waals surface area contributed by atoms with Crippen LogP contribution in [0.5, 0.6) is 0 Å². The number of nitrogens with zero attached hydrogens (tertiary/aromatic N) is 1. The van der Waals surface area contributed by atoms with Crippen molar-refractivity contribution in [2.75, 3.05) is 6.61 Å². The van der Waals surface area contributed by atoms with Crippen molar-refractivity contribution in [2.24, 2.45) is 0 Å². The highest BCUT2D eigenvalue weighted by molar-refractivity contribution is 5.56. The van der Waals surface area contributed by atoms with Gasteiger partial charge >= 0.3 is 0 Å². The lowest BCUT2D eigenvalue weighted by Crippen LogP contribution is -2.17. The molecule has 0 aliphatic heterocycles. The molecular weight excluding hydrogens is 296 g/mol. The molecule has 0 aliphatic rings. The summed E-state index contributed by atoms with van der Waals surface area (Å²) in [4.78, 5) is 0. The van der Waals surface area contributed by atoms with Crippen LogP contribution in [0.15, 0.2) is 48.5 Å². The molecule has 2 unspecified atom stereocenters. The van der Waals surface area contributed by atoms with E-state index in [4.69, 9.17) is 0 Å². The summed E-state index contributed by atoms with van der Waals surface area (Å²) in [5, 5.41) is 19.3. The smallest absolute Gasteiger partial charge is 0.127 e. The van der Waals surface area contributed by atoms with E-state index < -0.39 is 23.5 Å². The van der Waals surface area contributed by atoms with Gasteiger partial charge in [-0.25, -0.2) is 8.78 Å². The highest BCUT2D eigenvalue weighted by Crippen LogP contribution is 2.36. The molecule has 0 bridgehead atoms. The van der Waals surface area contributed by atoms with Gasteiger partial charge in [-0.15, -0.1) is 0 Å². The van der Waals surface area contributed by atoms with E-state index in [1.807, 2.05) is 6.92 Å². The van der Waals surface area contributed by atoms with Gasteiger partial charge in [0, 0.05) is 11.5 Å². The van der Waals surface area contributed by atoms with Crippen LogP contribution in [0.25, 0.3) is 6.08 Å². The standard InChI is InChI=1S/C19H17F2NO/c1-2-4-14-5-3-6-18(21)19(14)17(12-23)16(11-22)13-7-9-15(20)10-8-13/h2-10,16-17,23H,12H2,1H3. The minimum absolute atomic E-state index is 0.295. The van der Waals surface area contributed by atoms with E-state index in [2.05, 4.69) is 6.07 Å². The zero-order chi connectivity index (χ0) is 16.8. The summed E-state index contributed by atoms with van der Waals surface area (Å²) in [6.07, 6.45) is 3.51. The van der Waals surface area contributed by atoms with Crippen molar-refractivity contribution < 1.29 is 13.9 Å². The molecule has 0 saturated carbocycles. The van der Waals surface area contributed by atoms with Crippen molar-refractivity contribution in [1.82, 2.24) is 0 Å². The summed E-state index contributed by atoms with van der Waals surface area (Å²) in [6.45, 7) is 1.42. The fourth-order valence-corrected chi connectivity index (χ4v) is 2.70. The van der Waals surface area contributed by atoms with Crippen molar-refractivity contribution >= 4 is 6.08 Å². The van der Waals surface area contributed by atoms with Crippen LogP contribution in [0.4, 0.5) is 8.78 Å². The van der Waals surface area contributed by atoms with Gasteiger partial charge < -0.3 is 5.11 Å². The van der Waals surface area contributed by atoms with Crippen LogP contribution in [0.1, 0.15) is 35.4 Å². The lowest BCUT2D eigenvalue weighted by atomic mass is 9.80. The van der Waals surface area contributed by atoms with Gasteiger partial charge in [0.25, 0.3) is 0 Å². The average molecular weight is 313 g/mol. The third-order valence-corrected chi connectivity index (χ3v) is 3.77. The normalized spacial score (nSPS) is 13.7. The molecule has 2 rings (SSSR count). The second kappa shape index (κ2) is 7.66. The van der Waals surface area contributed by atoms with Gasteiger partial charge in [0.2, 0.25) is 0 Å². The second-order valence-corrected chi connectivity index (χ2v) is 5.19. The molecule has 2 aromatic rings. The van der Waals surface area contributed by atoms with E-state index in [9.17, 15) is 19.1 Å². The van der Waals surface area contributed by atoms with Crippen LogP contribution in [0, 0.1) is 23.0 Å². The largest absolute Gasteiger partial charge is 0.396 e. The maximum Gasteiger partial charge on any atom is 0.127 e. The Balaban J connectivity index is 2.54. The Morgan fingerprint density at radius 3 is 2.43 bits per heavy atom. The minimum Gasteiger partial charge on any atom is -0.396 e. The lowest BCUT2D eigenvalue weighted by molar-refractivity contribution is 0.255. The van der Waals surface area contributed by atoms with E-state index in [0.717, 1.165) is 0 Å². The maximum absolute atomic E-state index is 14.4. The monoisotopic (exact) mass is 313 g/mol. The van der Waals surface area contributed by atoms with E-state index in [1.54, 1.807) is 24.3 Å². The fourth-order valence-electron chi connectivity index (χ4n) is 2.70. The first-order chi connectivity index (χ1) is 11.1. The third-order valence-electron chi connectivity index (χ3n) is 3.77. The summed E-state index contributed by atoms with van der Waals surface area (Å²) in [5.74, 6) is -2.40. The summed E-state index contributed by atoms with van der Waals surface area (Å²) in [5.41, 5.74) is 1.46. The van der Waals surface area contributed by atoms with Gasteiger partial charge in [0.1, 0.15) is 11.6 Å². The summed E-state index contributed by atoms with van der Waals surface area (Å²) in [6, 6.07) is 12.2. The van der Waals surface area contributed by atoms with Crippen molar-refractivity contribution in [3.63, 3.8) is 0 Å². The summed E-state index contributed by atoms with van der Waals surface area (Å²) in [7, 11) is 0. The van der Waals surface area contributed by atoms with Crippen LogP contribution in [0.3, 0.4) is 0 Å². The molecular formula is C19H17F2NO. The molecule has 0 spiro atoms. The van der Waals surface area contributed by atoms with Crippen molar-refractivity contribution in [1.29, 1.82) is 5.26 Å².